The molecular weight excluding hydrogens is 180 g/mol. The van der Waals surface area contributed by atoms with Crippen LogP contribution in [0.5, 0.6) is 0 Å². The van der Waals surface area contributed by atoms with Gasteiger partial charge in [0.25, 0.3) is 0 Å². The van der Waals surface area contributed by atoms with Crippen LogP contribution >= 0.6 is 0 Å². The SMILES string of the molecule is C1=C2CC(C1)C1C2CC2C3CCC(C3)C21. The Hall–Kier alpha value is -0.260. The quantitative estimate of drug-likeness (QED) is 0.524. The Labute approximate surface area is 92.1 Å². The highest BCUT2D eigenvalue weighted by Gasteiger charge is 2.61. The van der Waals surface area contributed by atoms with Crippen LogP contribution < -0.4 is 0 Å². The van der Waals surface area contributed by atoms with Gasteiger partial charge in [-0.1, -0.05) is 11.6 Å². The zero-order valence-corrected chi connectivity index (χ0v) is 9.36. The van der Waals surface area contributed by atoms with E-state index in [9.17, 15) is 0 Å². The van der Waals surface area contributed by atoms with Crippen LogP contribution in [0.15, 0.2) is 11.6 Å². The summed E-state index contributed by atoms with van der Waals surface area (Å²) < 4.78 is 0. The second-order valence-corrected chi connectivity index (χ2v) is 6.97. The molecule has 0 aliphatic heterocycles. The highest BCUT2D eigenvalue weighted by atomic mass is 14.7. The maximum atomic E-state index is 2.61. The Morgan fingerprint density at radius 3 is 2.87 bits per heavy atom. The van der Waals surface area contributed by atoms with Gasteiger partial charge in [-0.3, -0.25) is 0 Å². The summed E-state index contributed by atoms with van der Waals surface area (Å²) in [6.45, 7) is 0. The van der Waals surface area contributed by atoms with Gasteiger partial charge in [0, 0.05) is 0 Å². The summed E-state index contributed by atoms with van der Waals surface area (Å²) >= 11 is 0. The van der Waals surface area contributed by atoms with Crippen molar-refractivity contribution in [2.24, 2.45) is 41.4 Å². The van der Waals surface area contributed by atoms with Gasteiger partial charge < -0.3 is 0 Å². The van der Waals surface area contributed by atoms with Crippen molar-refractivity contribution in [3.63, 3.8) is 0 Å². The molecule has 7 unspecified atom stereocenters. The first kappa shape index (κ1) is 7.92. The maximum absolute atomic E-state index is 2.61. The van der Waals surface area contributed by atoms with Gasteiger partial charge in [-0.25, -0.2) is 0 Å². The van der Waals surface area contributed by atoms with Crippen molar-refractivity contribution >= 4 is 0 Å². The van der Waals surface area contributed by atoms with E-state index < -0.39 is 0 Å². The second kappa shape index (κ2) is 2.36. The molecule has 0 saturated heterocycles. The van der Waals surface area contributed by atoms with Crippen LogP contribution in [-0.4, -0.2) is 0 Å². The van der Waals surface area contributed by atoms with E-state index in [2.05, 4.69) is 6.08 Å². The number of fused-ring (bicyclic) bond motifs is 11. The minimum atomic E-state index is 1.09. The van der Waals surface area contributed by atoms with Crippen molar-refractivity contribution in [3.8, 4) is 0 Å². The van der Waals surface area contributed by atoms with Gasteiger partial charge in [0.15, 0.2) is 0 Å². The van der Waals surface area contributed by atoms with Crippen molar-refractivity contribution in [2.75, 3.05) is 0 Å². The van der Waals surface area contributed by atoms with Gasteiger partial charge >= 0.3 is 0 Å². The van der Waals surface area contributed by atoms with E-state index in [4.69, 9.17) is 0 Å². The average molecular weight is 200 g/mol. The molecule has 5 rings (SSSR count). The lowest BCUT2D eigenvalue weighted by atomic mass is 9.73. The molecule has 0 amide bonds. The minimum absolute atomic E-state index is 1.09. The molecule has 4 saturated carbocycles. The second-order valence-electron chi connectivity index (χ2n) is 6.97. The van der Waals surface area contributed by atoms with E-state index >= 15 is 0 Å². The standard InChI is InChI=1S/C15H20/c1-3-10-5-8(1)12-7-13-9-2-4-11(6-9)15(13)14(10)12/h1,9-15H,2-7H2. The molecule has 4 bridgehead atoms. The lowest BCUT2D eigenvalue weighted by Crippen LogP contribution is -2.26. The van der Waals surface area contributed by atoms with Crippen LogP contribution in [0.2, 0.25) is 0 Å². The molecule has 0 aromatic rings. The van der Waals surface area contributed by atoms with Crippen molar-refractivity contribution in [1.82, 2.24) is 0 Å². The number of hydrogen-bond donors (Lipinski definition) is 0. The number of allylic oxidation sites excluding steroid dienone is 2. The zero-order valence-electron chi connectivity index (χ0n) is 9.36. The Kier molecular flexibility index (Phi) is 1.25. The molecule has 7 atom stereocenters. The molecule has 15 heavy (non-hydrogen) atoms. The van der Waals surface area contributed by atoms with E-state index in [-0.39, 0.29) is 0 Å². The molecule has 5 aliphatic rings. The van der Waals surface area contributed by atoms with Crippen molar-refractivity contribution in [1.29, 1.82) is 0 Å². The van der Waals surface area contributed by atoms with Gasteiger partial charge in [-0.05, 0) is 80.0 Å². The largest absolute Gasteiger partial charge is 0.0847 e. The molecule has 80 valence electrons. The Morgan fingerprint density at radius 1 is 0.933 bits per heavy atom. The lowest BCUT2D eigenvalue weighted by Gasteiger charge is -2.32. The van der Waals surface area contributed by atoms with Crippen LogP contribution in [0.3, 0.4) is 0 Å². The fraction of sp³-hybridized carbons (Fsp3) is 0.867. The Bertz CT molecular complexity index is 353. The third-order valence-electron chi connectivity index (χ3n) is 6.79. The lowest BCUT2D eigenvalue weighted by molar-refractivity contribution is 0.170. The van der Waals surface area contributed by atoms with E-state index in [1.54, 1.807) is 25.7 Å². The first-order valence-electron chi connectivity index (χ1n) is 7.11. The van der Waals surface area contributed by atoms with Gasteiger partial charge in [0.1, 0.15) is 0 Å². The third kappa shape index (κ3) is 0.765. The smallest absolute Gasteiger partial charge is 0.0166 e. The number of rotatable bonds is 0. The minimum Gasteiger partial charge on any atom is -0.0847 e. The molecule has 0 aromatic carbocycles. The fourth-order valence-electron chi connectivity index (χ4n) is 6.53. The highest BCUT2D eigenvalue weighted by Crippen LogP contribution is 2.69. The van der Waals surface area contributed by atoms with Crippen molar-refractivity contribution in [2.45, 2.75) is 38.5 Å². The van der Waals surface area contributed by atoms with Crippen LogP contribution in [0.1, 0.15) is 38.5 Å². The molecule has 4 fully saturated rings. The van der Waals surface area contributed by atoms with Gasteiger partial charge in [0.2, 0.25) is 0 Å². The summed E-state index contributed by atoms with van der Waals surface area (Å²) in [6.07, 6.45) is 12.0. The predicted molar refractivity (Wildman–Crippen MR) is 60.2 cm³/mol. The normalized spacial score (nSPS) is 63.5. The molecule has 0 heteroatoms. The first-order valence-corrected chi connectivity index (χ1v) is 7.11. The summed E-state index contributed by atoms with van der Waals surface area (Å²) in [4.78, 5) is 0. The molecule has 0 heterocycles. The molecule has 0 nitrogen and oxygen atoms in total. The van der Waals surface area contributed by atoms with Crippen LogP contribution in [0.4, 0.5) is 0 Å². The maximum Gasteiger partial charge on any atom is -0.0166 e. The Morgan fingerprint density at radius 2 is 1.87 bits per heavy atom. The predicted octanol–water partition coefficient (Wildman–Crippen LogP) is 3.63. The van der Waals surface area contributed by atoms with Gasteiger partial charge in [-0.15, -0.1) is 0 Å². The Balaban J connectivity index is 1.60. The van der Waals surface area contributed by atoms with Crippen LogP contribution in [0.25, 0.3) is 0 Å². The van der Waals surface area contributed by atoms with Crippen LogP contribution in [0, 0.1) is 41.4 Å². The van der Waals surface area contributed by atoms with Crippen molar-refractivity contribution < 1.29 is 0 Å². The summed E-state index contributed by atoms with van der Waals surface area (Å²) in [7, 11) is 0. The summed E-state index contributed by atoms with van der Waals surface area (Å²) in [6, 6.07) is 0. The van der Waals surface area contributed by atoms with Crippen molar-refractivity contribution in [3.05, 3.63) is 11.6 Å². The highest BCUT2D eigenvalue weighted by molar-refractivity contribution is 5.27. The monoisotopic (exact) mass is 200 g/mol. The van der Waals surface area contributed by atoms with E-state index in [0.717, 1.165) is 11.8 Å². The fourth-order valence-corrected chi connectivity index (χ4v) is 6.53. The first-order chi connectivity index (χ1) is 7.42. The van der Waals surface area contributed by atoms with E-state index in [1.807, 2.05) is 5.57 Å². The molecule has 0 N–H and O–H groups in total. The average Bonchev–Trinajstić information content (AvgIpc) is 3.02. The summed E-state index contributed by atoms with van der Waals surface area (Å²) in [5.41, 5.74) is 1.90. The van der Waals surface area contributed by atoms with Gasteiger partial charge in [-0.2, -0.15) is 0 Å². The van der Waals surface area contributed by atoms with Gasteiger partial charge in [0.05, 0.1) is 0 Å². The summed E-state index contributed by atoms with van der Waals surface area (Å²) in [5, 5.41) is 0. The van der Waals surface area contributed by atoms with E-state index in [1.165, 1.54) is 42.4 Å². The zero-order chi connectivity index (χ0) is 9.57. The third-order valence-corrected chi connectivity index (χ3v) is 6.79. The number of hydrogen-bond acceptors (Lipinski definition) is 0. The molecule has 0 radical (unpaired) electrons. The molecule has 0 spiro atoms. The van der Waals surface area contributed by atoms with Crippen LogP contribution in [-0.2, 0) is 0 Å². The summed E-state index contributed by atoms with van der Waals surface area (Å²) in [5.74, 6) is 8.10. The molecule has 5 aliphatic carbocycles. The topological polar surface area (TPSA) is 0 Å². The molecule has 0 aromatic heterocycles. The van der Waals surface area contributed by atoms with E-state index in [0.29, 0.717) is 0 Å². The molecular formula is C15H20.